The number of nitrogens with zero attached hydrogens (tertiary/aromatic N) is 1. The SMILES string of the molecule is Cc1c(Cl)cccc1N=Cc1c(OCc2ccc(Br)cc2)ccc2ccccc12. The zero-order chi connectivity index (χ0) is 20.2. The molecule has 0 saturated heterocycles. The molecule has 0 amide bonds. The van der Waals surface area contributed by atoms with Gasteiger partial charge in [-0.15, -0.1) is 0 Å². The fraction of sp³-hybridized carbons (Fsp3) is 0.0800. The molecule has 4 aromatic rings. The molecule has 4 rings (SSSR count). The molecule has 0 unspecified atom stereocenters. The van der Waals surface area contributed by atoms with Crippen LogP contribution in [0, 0.1) is 6.92 Å². The summed E-state index contributed by atoms with van der Waals surface area (Å²) in [6, 6.07) is 26.2. The smallest absolute Gasteiger partial charge is 0.129 e. The monoisotopic (exact) mass is 463 g/mol. The molecule has 144 valence electrons. The van der Waals surface area contributed by atoms with E-state index in [2.05, 4.69) is 34.1 Å². The molecule has 0 aliphatic carbocycles. The Balaban J connectivity index is 1.71. The van der Waals surface area contributed by atoms with Crippen LogP contribution in [0.5, 0.6) is 5.75 Å². The molecule has 0 saturated carbocycles. The first-order chi connectivity index (χ1) is 14.1. The Labute approximate surface area is 184 Å². The molecular weight excluding hydrogens is 446 g/mol. The van der Waals surface area contributed by atoms with Crippen LogP contribution < -0.4 is 4.74 Å². The number of halogens is 2. The second-order valence-corrected chi connectivity index (χ2v) is 8.08. The van der Waals surface area contributed by atoms with E-state index in [1.165, 1.54) is 0 Å². The maximum absolute atomic E-state index is 6.25. The van der Waals surface area contributed by atoms with Crippen LogP contribution >= 0.6 is 27.5 Å². The zero-order valence-electron chi connectivity index (χ0n) is 15.9. The predicted octanol–water partition coefficient (Wildman–Crippen LogP) is 7.89. The first kappa shape index (κ1) is 19.7. The molecule has 0 heterocycles. The van der Waals surface area contributed by atoms with E-state index >= 15 is 0 Å². The summed E-state index contributed by atoms with van der Waals surface area (Å²) in [5.74, 6) is 0.801. The number of hydrogen-bond donors (Lipinski definition) is 0. The van der Waals surface area contributed by atoms with E-state index in [0.717, 1.165) is 43.4 Å². The van der Waals surface area contributed by atoms with E-state index in [-0.39, 0.29) is 0 Å². The van der Waals surface area contributed by atoms with Crippen molar-refractivity contribution in [3.8, 4) is 5.75 Å². The van der Waals surface area contributed by atoms with Crippen LogP contribution in [-0.4, -0.2) is 6.21 Å². The van der Waals surface area contributed by atoms with Gasteiger partial charge in [0, 0.05) is 21.3 Å². The maximum Gasteiger partial charge on any atom is 0.129 e. The molecule has 0 aromatic heterocycles. The maximum atomic E-state index is 6.25. The van der Waals surface area contributed by atoms with E-state index in [1.807, 2.05) is 73.8 Å². The average Bonchev–Trinajstić information content (AvgIpc) is 2.74. The predicted molar refractivity (Wildman–Crippen MR) is 126 cm³/mol. The molecular formula is C25H19BrClNO. The highest BCUT2D eigenvalue weighted by Crippen LogP contribution is 2.30. The normalized spacial score (nSPS) is 11.3. The van der Waals surface area contributed by atoms with Gasteiger partial charge in [-0.25, -0.2) is 0 Å². The van der Waals surface area contributed by atoms with E-state index in [0.29, 0.717) is 11.6 Å². The number of rotatable bonds is 5. The Morgan fingerprint density at radius 1 is 0.931 bits per heavy atom. The van der Waals surface area contributed by atoms with E-state index in [9.17, 15) is 0 Å². The molecule has 2 nitrogen and oxygen atoms in total. The summed E-state index contributed by atoms with van der Waals surface area (Å²) in [6.45, 7) is 2.46. The minimum absolute atomic E-state index is 0.489. The summed E-state index contributed by atoms with van der Waals surface area (Å²) in [5, 5.41) is 2.96. The van der Waals surface area contributed by atoms with Crippen molar-refractivity contribution in [1.29, 1.82) is 0 Å². The highest BCUT2D eigenvalue weighted by molar-refractivity contribution is 9.10. The van der Waals surface area contributed by atoms with Gasteiger partial charge in [0.05, 0.1) is 5.69 Å². The van der Waals surface area contributed by atoms with E-state index in [1.54, 1.807) is 0 Å². The van der Waals surface area contributed by atoms with Crippen molar-refractivity contribution in [3.05, 3.63) is 105 Å². The van der Waals surface area contributed by atoms with Crippen LogP contribution in [0.2, 0.25) is 5.02 Å². The Kier molecular flexibility index (Phi) is 5.98. The summed E-state index contributed by atoms with van der Waals surface area (Å²) in [4.78, 5) is 4.72. The van der Waals surface area contributed by atoms with Gasteiger partial charge in [-0.05, 0) is 59.2 Å². The molecule has 0 aliphatic heterocycles. The largest absolute Gasteiger partial charge is 0.488 e. The van der Waals surface area contributed by atoms with Gasteiger partial charge in [-0.2, -0.15) is 0 Å². The average molecular weight is 465 g/mol. The van der Waals surface area contributed by atoms with Crippen molar-refractivity contribution in [2.45, 2.75) is 13.5 Å². The quantitative estimate of drug-likeness (QED) is 0.275. The number of hydrogen-bond acceptors (Lipinski definition) is 2. The van der Waals surface area contributed by atoms with E-state index in [4.69, 9.17) is 21.3 Å². The summed E-state index contributed by atoms with van der Waals surface area (Å²) >= 11 is 9.71. The van der Waals surface area contributed by atoms with Gasteiger partial charge in [0.2, 0.25) is 0 Å². The molecule has 0 spiro atoms. The van der Waals surface area contributed by atoms with Crippen molar-refractivity contribution in [2.75, 3.05) is 0 Å². The Hall–Kier alpha value is -2.62. The first-order valence-corrected chi connectivity index (χ1v) is 10.5. The molecule has 0 bridgehead atoms. The molecule has 0 atom stereocenters. The topological polar surface area (TPSA) is 21.6 Å². The lowest BCUT2D eigenvalue weighted by Gasteiger charge is -2.12. The standard InChI is InChI=1S/C25H19BrClNO/c1-17-23(27)7-4-8-24(17)28-15-22-21-6-3-2-5-19(21)11-14-25(22)29-16-18-9-12-20(26)13-10-18/h2-15H,16H2,1H3. The number of ether oxygens (including phenoxy) is 1. The Bertz CT molecular complexity index is 1190. The Morgan fingerprint density at radius 2 is 1.72 bits per heavy atom. The van der Waals surface area contributed by atoms with Crippen molar-refractivity contribution in [1.82, 2.24) is 0 Å². The molecule has 0 fully saturated rings. The Morgan fingerprint density at radius 3 is 2.55 bits per heavy atom. The summed E-state index contributed by atoms with van der Waals surface area (Å²) < 4.78 is 7.23. The second kappa shape index (κ2) is 8.81. The minimum Gasteiger partial charge on any atom is -0.488 e. The fourth-order valence-electron chi connectivity index (χ4n) is 3.15. The van der Waals surface area contributed by atoms with Gasteiger partial charge in [0.15, 0.2) is 0 Å². The lowest BCUT2D eigenvalue weighted by Crippen LogP contribution is -1.99. The van der Waals surface area contributed by atoms with Gasteiger partial charge in [-0.1, -0.05) is 76.1 Å². The highest BCUT2D eigenvalue weighted by atomic mass is 79.9. The van der Waals surface area contributed by atoms with Gasteiger partial charge < -0.3 is 4.74 Å². The van der Waals surface area contributed by atoms with Crippen LogP contribution in [0.3, 0.4) is 0 Å². The molecule has 0 radical (unpaired) electrons. The van der Waals surface area contributed by atoms with Gasteiger partial charge >= 0.3 is 0 Å². The van der Waals surface area contributed by atoms with Crippen LogP contribution in [0.1, 0.15) is 16.7 Å². The van der Waals surface area contributed by atoms with Gasteiger partial charge in [0.25, 0.3) is 0 Å². The van der Waals surface area contributed by atoms with Crippen molar-refractivity contribution < 1.29 is 4.74 Å². The van der Waals surface area contributed by atoms with Crippen molar-refractivity contribution >= 4 is 50.2 Å². The molecule has 4 heteroatoms. The molecule has 29 heavy (non-hydrogen) atoms. The van der Waals surface area contributed by atoms with Crippen LogP contribution in [-0.2, 0) is 6.61 Å². The second-order valence-electron chi connectivity index (χ2n) is 6.76. The lowest BCUT2D eigenvalue weighted by atomic mass is 10.0. The lowest BCUT2D eigenvalue weighted by molar-refractivity contribution is 0.306. The third-order valence-electron chi connectivity index (χ3n) is 4.81. The van der Waals surface area contributed by atoms with Gasteiger partial charge in [0.1, 0.15) is 12.4 Å². The van der Waals surface area contributed by atoms with Crippen molar-refractivity contribution in [3.63, 3.8) is 0 Å². The minimum atomic E-state index is 0.489. The molecule has 0 N–H and O–H groups in total. The number of fused-ring (bicyclic) bond motifs is 1. The molecule has 0 aliphatic rings. The third kappa shape index (κ3) is 4.52. The van der Waals surface area contributed by atoms with Crippen molar-refractivity contribution in [2.24, 2.45) is 4.99 Å². The summed E-state index contributed by atoms with van der Waals surface area (Å²) in [5.41, 5.74) is 3.88. The summed E-state index contributed by atoms with van der Waals surface area (Å²) in [7, 11) is 0. The molecule has 4 aromatic carbocycles. The van der Waals surface area contributed by atoms with Gasteiger partial charge in [-0.3, -0.25) is 4.99 Å². The third-order valence-corrected chi connectivity index (χ3v) is 5.75. The first-order valence-electron chi connectivity index (χ1n) is 9.30. The fourth-order valence-corrected chi connectivity index (χ4v) is 3.58. The van der Waals surface area contributed by atoms with Crippen LogP contribution in [0.15, 0.2) is 88.3 Å². The van der Waals surface area contributed by atoms with E-state index < -0.39 is 0 Å². The number of benzene rings is 4. The summed E-state index contributed by atoms with van der Waals surface area (Å²) in [6.07, 6.45) is 1.87. The van der Waals surface area contributed by atoms with Crippen LogP contribution in [0.4, 0.5) is 5.69 Å². The highest BCUT2D eigenvalue weighted by Gasteiger charge is 2.08. The number of aliphatic imine (C=N–C) groups is 1. The van der Waals surface area contributed by atoms with Crippen LogP contribution in [0.25, 0.3) is 10.8 Å². The zero-order valence-corrected chi connectivity index (χ0v) is 18.2.